The van der Waals surface area contributed by atoms with Gasteiger partial charge in [-0.05, 0) is 6.42 Å². The zero-order valence-corrected chi connectivity index (χ0v) is 10.8. The normalized spacial score (nSPS) is 22.9. The van der Waals surface area contributed by atoms with Crippen molar-refractivity contribution < 1.29 is 41.4 Å². The van der Waals surface area contributed by atoms with Gasteiger partial charge in [-0.15, -0.1) is 0 Å². The third-order valence-electron chi connectivity index (χ3n) is 3.28. The van der Waals surface area contributed by atoms with Gasteiger partial charge >= 0.3 is 12.1 Å². The Kier molecular flexibility index (Phi) is 5.48. The lowest BCUT2D eigenvalue weighted by Gasteiger charge is -2.27. The molecule has 1 amide bonds. The number of ether oxygens (including phenoxy) is 1. The maximum Gasteiger partial charge on any atom is 0.406 e. The van der Waals surface area contributed by atoms with E-state index in [0.29, 0.717) is 0 Å². The van der Waals surface area contributed by atoms with Crippen LogP contribution in [0.25, 0.3) is 0 Å². The van der Waals surface area contributed by atoms with Crippen LogP contribution in [0.3, 0.4) is 0 Å². The molecule has 1 rings (SSSR count). The number of nitrogens with zero attached hydrogens (tertiary/aromatic N) is 1. The average Bonchev–Trinajstić information content (AvgIpc) is 2.80. The molecule has 0 saturated carbocycles. The Morgan fingerprint density at radius 2 is 1.95 bits per heavy atom. The summed E-state index contributed by atoms with van der Waals surface area (Å²) in [6.07, 6.45) is -8.77. The summed E-state index contributed by atoms with van der Waals surface area (Å²) in [5.41, 5.74) is -2.97. The maximum absolute atomic E-state index is 12.9. The fraction of sp³-hybridized carbons (Fsp3) is 0.818. The molecule has 10 heteroatoms. The molecule has 1 saturated heterocycles. The summed E-state index contributed by atoms with van der Waals surface area (Å²) in [5, 5.41) is 8.81. The first-order chi connectivity index (χ1) is 9.60. The number of amides is 1. The number of aliphatic carboxylic acids is 1. The van der Waals surface area contributed by atoms with Gasteiger partial charge in [-0.1, -0.05) is 0 Å². The third kappa shape index (κ3) is 4.02. The van der Waals surface area contributed by atoms with E-state index in [2.05, 4.69) is 4.74 Å². The Bertz CT molecular complexity index is 401. The van der Waals surface area contributed by atoms with Gasteiger partial charge in [0.05, 0.1) is 13.0 Å². The predicted octanol–water partition coefficient (Wildman–Crippen LogP) is 1.52. The zero-order chi connectivity index (χ0) is 16.3. The highest BCUT2D eigenvalue weighted by Crippen LogP contribution is 2.45. The lowest BCUT2D eigenvalue weighted by molar-refractivity contribution is -0.227. The van der Waals surface area contributed by atoms with Crippen LogP contribution >= 0.6 is 0 Å². The molecule has 0 aromatic heterocycles. The summed E-state index contributed by atoms with van der Waals surface area (Å²) in [4.78, 5) is 23.3. The summed E-state index contributed by atoms with van der Waals surface area (Å²) >= 11 is 0. The maximum atomic E-state index is 12.9. The fourth-order valence-corrected chi connectivity index (χ4v) is 2.04. The standard InChI is InChI=1S/C11H14F5NO4/c12-7(13)5-21-4-1-8(18)17-3-2-10(6-17,9(19)20)11(14,15)16/h7H,1-6H2,(H,19,20). The van der Waals surface area contributed by atoms with Gasteiger partial charge in [-0.25, -0.2) is 8.78 Å². The summed E-state index contributed by atoms with van der Waals surface area (Å²) in [6.45, 7) is -2.54. The molecule has 1 unspecified atom stereocenters. The van der Waals surface area contributed by atoms with Gasteiger partial charge in [0.15, 0.2) is 5.41 Å². The largest absolute Gasteiger partial charge is 0.481 e. The van der Waals surface area contributed by atoms with Crippen molar-refractivity contribution in [3.8, 4) is 0 Å². The number of carbonyl (C=O) groups is 2. The van der Waals surface area contributed by atoms with Crippen molar-refractivity contribution in [2.45, 2.75) is 25.4 Å². The van der Waals surface area contributed by atoms with E-state index in [-0.39, 0.29) is 19.6 Å². The van der Waals surface area contributed by atoms with Crippen LogP contribution in [-0.2, 0) is 14.3 Å². The molecule has 0 aromatic rings. The van der Waals surface area contributed by atoms with Crippen molar-refractivity contribution in [1.82, 2.24) is 4.90 Å². The second-order valence-electron chi connectivity index (χ2n) is 4.67. The topological polar surface area (TPSA) is 66.8 Å². The second kappa shape index (κ2) is 6.54. The number of hydrogen-bond acceptors (Lipinski definition) is 3. The Morgan fingerprint density at radius 1 is 1.33 bits per heavy atom. The molecule has 5 nitrogen and oxygen atoms in total. The van der Waals surface area contributed by atoms with E-state index in [1.165, 1.54) is 0 Å². The molecular formula is C11H14F5NO4. The molecule has 1 N–H and O–H groups in total. The minimum Gasteiger partial charge on any atom is -0.481 e. The minimum atomic E-state index is -4.97. The Balaban J connectivity index is 2.56. The van der Waals surface area contributed by atoms with Crippen LogP contribution in [-0.4, -0.2) is 60.8 Å². The van der Waals surface area contributed by atoms with Gasteiger partial charge in [-0.2, -0.15) is 13.2 Å². The van der Waals surface area contributed by atoms with Crippen molar-refractivity contribution >= 4 is 11.9 Å². The van der Waals surface area contributed by atoms with E-state index >= 15 is 0 Å². The molecular weight excluding hydrogens is 305 g/mol. The fourth-order valence-electron chi connectivity index (χ4n) is 2.04. The van der Waals surface area contributed by atoms with E-state index in [1.807, 2.05) is 0 Å². The Labute approximate surface area is 116 Å². The van der Waals surface area contributed by atoms with Gasteiger partial charge in [0.1, 0.15) is 6.61 Å². The number of carbonyl (C=O) groups excluding carboxylic acids is 1. The molecule has 0 aliphatic carbocycles. The average molecular weight is 319 g/mol. The first-order valence-electron chi connectivity index (χ1n) is 6.04. The van der Waals surface area contributed by atoms with Gasteiger partial charge < -0.3 is 14.7 Å². The molecule has 1 aliphatic heterocycles. The first kappa shape index (κ1) is 17.6. The molecule has 0 bridgehead atoms. The summed E-state index contributed by atoms with van der Waals surface area (Å²) in [6, 6.07) is 0. The number of carboxylic acids is 1. The number of halogens is 5. The molecule has 122 valence electrons. The van der Waals surface area contributed by atoms with E-state index in [9.17, 15) is 31.5 Å². The molecule has 0 radical (unpaired) electrons. The monoisotopic (exact) mass is 319 g/mol. The van der Waals surface area contributed by atoms with E-state index < -0.39 is 49.5 Å². The lowest BCUT2D eigenvalue weighted by Crippen LogP contribution is -2.47. The van der Waals surface area contributed by atoms with Gasteiger partial charge in [0, 0.05) is 13.1 Å². The number of rotatable bonds is 6. The van der Waals surface area contributed by atoms with Crippen LogP contribution in [0, 0.1) is 5.41 Å². The van der Waals surface area contributed by atoms with Crippen LogP contribution in [0.5, 0.6) is 0 Å². The summed E-state index contributed by atoms with van der Waals surface area (Å²) in [5.74, 6) is -2.78. The third-order valence-corrected chi connectivity index (χ3v) is 3.28. The van der Waals surface area contributed by atoms with Crippen LogP contribution < -0.4 is 0 Å². The Hall–Kier alpha value is -1.45. The number of hydrogen-bond donors (Lipinski definition) is 1. The molecule has 1 atom stereocenters. The molecule has 0 spiro atoms. The molecule has 1 fully saturated rings. The minimum absolute atomic E-state index is 0.348. The first-order valence-corrected chi connectivity index (χ1v) is 6.04. The van der Waals surface area contributed by atoms with Crippen LogP contribution in [0.2, 0.25) is 0 Å². The van der Waals surface area contributed by atoms with Gasteiger partial charge in [-0.3, -0.25) is 9.59 Å². The van der Waals surface area contributed by atoms with Gasteiger partial charge in [0.2, 0.25) is 5.91 Å². The Morgan fingerprint density at radius 3 is 2.38 bits per heavy atom. The smallest absolute Gasteiger partial charge is 0.406 e. The molecule has 1 aliphatic rings. The van der Waals surface area contributed by atoms with E-state index in [4.69, 9.17) is 5.11 Å². The highest BCUT2D eigenvalue weighted by molar-refractivity contribution is 5.81. The quantitative estimate of drug-likeness (QED) is 0.595. The van der Waals surface area contributed by atoms with Crippen molar-refractivity contribution in [3.63, 3.8) is 0 Å². The van der Waals surface area contributed by atoms with Crippen LogP contribution in [0.4, 0.5) is 22.0 Å². The summed E-state index contributed by atoms with van der Waals surface area (Å²) < 4.78 is 66.6. The van der Waals surface area contributed by atoms with Crippen LogP contribution in [0.1, 0.15) is 12.8 Å². The van der Waals surface area contributed by atoms with Crippen LogP contribution in [0.15, 0.2) is 0 Å². The van der Waals surface area contributed by atoms with Crippen molar-refractivity contribution in [3.05, 3.63) is 0 Å². The SMILES string of the molecule is O=C(CCOCC(F)F)N1CCC(C(=O)O)(C(F)(F)F)C1. The zero-order valence-electron chi connectivity index (χ0n) is 10.8. The molecule has 21 heavy (non-hydrogen) atoms. The predicted molar refractivity (Wildman–Crippen MR) is 58.8 cm³/mol. The second-order valence-corrected chi connectivity index (χ2v) is 4.67. The number of carboxylic acid groups (broad SMARTS) is 1. The van der Waals surface area contributed by atoms with Crippen molar-refractivity contribution in [2.24, 2.45) is 5.41 Å². The van der Waals surface area contributed by atoms with E-state index in [1.54, 1.807) is 0 Å². The number of alkyl halides is 5. The highest BCUT2D eigenvalue weighted by Gasteiger charge is 2.64. The molecule has 1 heterocycles. The van der Waals surface area contributed by atoms with E-state index in [0.717, 1.165) is 4.90 Å². The lowest BCUT2D eigenvalue weighted by atomic mass is 9.86. The summed E-state index contributed by atoms with van der Waals surface area (Å²) in [7, 11) is 0. The van der Waals surface area contributed by atoms with Gasteiger partial charge in [0.25, 0.3) is 6.43 Å². The molecule has 0 aromatic carbocycles. The van der Waals surface area contributed by atoms with Crippen molar-refractivity contribution in [1.29, 1.82) is 0 Å². The number of likely N-dealkylation sites (tertiary alicyclic amines) is 1. The highest BCUT2D eigenvalue weighted by atomic mass is 19.4. The van der Waals surface area contributed by atoms with Crippen molar-refractivity contribution in [2.75, 3.05) is 26.3 Å².